The number of piperidine rings is 1. The molecule has 4 aromatic heterocycles. The fourth-order valence-corrected chi connectivity index (χ4v) is 5.50. The van der Waals surface area contributed by atoms with Crippen LogP contribution < -0.4 is 10.9 Å². The summed E-state index contributed by atoms with van der Waals surface area (Å²) in [5.41, 5.74) is 2.78. The molecule has 5 aromatic rings. The Kier molecular flexibility index (Phi) is 6.52. The van der Waals surface area contributed by atoms with Crippen molar-refractivity contribution < 1.29 is 5.11 Å². The summed E-state index contributed by atoms with van der Waals surface area (Å²) in [4.78, 5) is 32.9. The van der Waals surface area contributed by atoms with Crippen LogP contribution in [-0.4, -0.2) is 59.4 Å². The van der Waals surface area contributed by atoms with E-state index in [9.17, 15) is 9.90 Å². The van der Waals surface area contributed by atoms with Gasteiger partial charge in [-0.1, -0.05) is 18.2 Å². The third kappa shape index (κ3) is 4.69. The van der Waals surface area contributed by atoms with Gasteiger partial charge in [0.2, 0.25) is 5.95 Å². The van der Waals surface area contributed by atoms with Crippen molar-refractivity contribution in [2.75, 3.05) is 25.5 Å². The molecule has 1 aromatic carbocycles. The van der Waals surface area contributed by atoms with E-state index in [0.717, 1.165) is 37.1 Å². The first-order chi connectivity index (χ1) is 19.2. The number of fused-ring (bicyclic) bond motifs is 2. The third-order valence-electron chi connectivity index (χ3n) is 7.68. The number of H-pyrrole nitrogens is 1. The van der Waals surface area contributed by atoms with Gasteiger partial charge in [-0.15, -0.1) is 6.58 Å². The van der Waals surface area contributed by atoms with E-state index in [0.29, 0.717) is 34.4 Å². The number of allylic oxidation sites excluding steroid dienone is 1. The fourth-order valence-electron chi connectivity index (χ4n) is 5.50. The minimum Gasteiger partial charge on any atom is -0.384 e. The molecule has 0 radical (unpaired) electrons. The van der Waals surface area contributed by atoms with Crippen LogP contribution in [0, 0.1) is 0 Å². The maximum Gasteiger partial charge on any atom is 0.278 e. The van der Waals surface area contributed by atoms with Crippen molar-refractivity contribution in [1.29, 1.82) is 0 Å². The van der Waals surface area contributed by atoms with Gasteiger partial charge in [0.1, 0.15) is 11.0 Å². The number of benzene rings is 1. The van der Waals surface area contributed by atoms with Crippen molar-refractivity contribution >= 4 is 33.6 Å². The topological polar surface area (TPSA) is 117 Å². The van der Waals surface area contributed by atoms with Gasteiger partial charge in [-0.25, -0.2) is 19.3 Å². The summed E-state index contributed by atoms with van der Waals surface area (Å²) in [6, 6.07) is 11.6. The fraction of sp³-hybridized carbons (Fsp3) is 0.333. The van der Waals surface area contributed by atoms with Crippen LogP contribution in [0.15, 0.2) is 66.2 Å². The molecule has 5 heterocycles. The zero-order valence-electron chi connectivity index (χ0n) is 23.1. The van der Waals surface area contributed by atoms with Crippen LogP contribution in [0.4, 0.5) is 11.6 Å². The number of rotatable bonds is 7. The Morgan fingerprint density at radius 1 is 1.18 bits per heavy atom. The van der Waals surface area contributed by atoms with Crippen LogP contribution in [0.1, 0.15) is 43.9 Å². The monoisotopic (exact) mass is 538 g/mol. The molecule has 0 bridgehead atoms. The SMILES string of the molecule is C=CCn1c(=O)c2cnc(Nc3ccc4c(C5CCN(C)CC5)c[nH]c4c3)nc2n1-c1cccc(C(C)(C)O)n1. The van der Waals surface area contributed by atoms with Crippen LogP contribution in [0.25, 0.3) is 27.8 Å². The summed E-state index contributed by atoms with van der Waals surface area (Å²) in [5.74, 6) is 1.39. The van der Waals surface area contributed by atoms with Gasteiger partial charge in [0.05, 0.1) is 12.2 Å². The molecule has 40 heavy (non-hydrogen) atoms. The molecule has 0 spiro atoms. The molecule has 0 saturated carbocycles. The van der Waals surface area contributed by atoms with Crippen LogP contribution >= 0.6 is 0 Å². The Morgan fingerprint density at radius 2 is 1.98 bits per heavy atom. The molecule has 206 valence electrons. The molecule has 0 atom stereocenters. The predicted octanol–water partition coefficient (Wildman–Crippen LogP) is 4.42. The second kappa shape index (κ2) is 10.0. The van der Waals surface area contributed by atoms with E-state index >= 15 is 0 Å². The molecule has 1 saturated heterocycles. The van der Waals surface area contributed by atoms with Crippen LogP contribution in [0.2, 0.25) is 0 Å². The smallest absolute Gasteiger partial charge is 0.278 e. The number of aromatic nitrogens is 6. The summed E-state index contributed by atoms with van der Waals surface area (Å²) in [5, 5.41) is 15.4. The number of aromatic amines is 1. The summed E-state index contributed by atoms with van der Waals surface area (Å²) < 4.78 is 3.17. The van der Waals surface area contributed by atoms with E-state index in [4.69, 9.17) is 4.98 Å². The van der Waals surface area contributed by atoms with Gasteiger partial charge in [-0.2, -0.15) is 4.98 Å². The highest BCUT2D eigenvalue weighted by atomic mass is 16.3. The molecule has 6 rings (SSSR count). The Labute approximate surface area is 232 Å². The van der Waals surface area contributed by atoms with Gasteiger partial charge in [-0.05, 0) is 82.6 Å². The van der Waals surface area contributed by atoms with Crippen molar-refractivity contribution in [3.63, 3.8) is 0 Å². The summed E-state index contributed by atoms with van der Waals surface area (Å²) in [6.07, 6.45) is 7.65. The number of nitrogens with zero attached hydrogens (tertiary/aromatic N) is 6. The Hall–Kier alpha value is -4.28. The maximum atomic E-state index is 13.3. The van der Waals surface area contributed by atoms with E-state index in [2.05, 4.69) is 57.1 Å². The normalized spacial score (nSPS) is 15.2. The highest BCUT2D eigenvalue weighted by molar-refractivity contribution is 5.87. The lowest BCUT2D eigenvalue weighted by Gasteiger charge is -2.28. The number of hydrogen-bond donors (Lipinski definition) is 3. The van der Waals surface area contributed by atoms with Crippen molar-refractivity contribution in [3.8, 4) is 5.82 Å². The Balaban J connectivity index is 1.37. The molecule has 3 N–H and O–H groups in total. The van der Waals surface area contributed by atoms with Gasteiger partial charge >= 0.3 is 0 Å². The molecule has 10 nitrogen and oxygen atoms in total. The van der Waals surface area contributed by atoms with Crippen LogP contribution in [-0.2, 0) is 12.1 Å². The van der Waals surface area contributed by atoms with E-state index in [1.54, 1.807) is 42.8 Å². The average Bonchev–Trinajstić information content (AvgIpc) is 3.47. The van der Waals surface area contributed by atoms with E-state index < -0.39 is 5.60 Å². The van der Waals surface area contributed by atoms with Gasteiger partial charge < -0.3 is 20.3 Å². The lowest BCUT2D eigenvalue weighted by atomic mass is 9.89. The predicted molar refractivity (Wildman–Crippen MR) is 157 cm³/mol. The first-order valence-electron chi connectivity index (χ1n) is 13.6. The molecule has 10 heteroatoms. The third-order valence-corrected chi connectivity index (χ3v) is 7.68. The largest absolute Gasteiger partial charge is 0.384 e. The minimum atomic E-state index is -1.14. The van der Waals surface area contributed by atoms with Gasteiger partial charge in [0.25, 0.3) is 5.56 Å². The number of nitrogens with one attached hydrogen (secondary N) is 2. The Bertz CT molecular complexity index is 1770. The molecular formula is C30H34N8O2. The number of aliphatic hydroxyl groups is 1. The summed E-state index contributed by atoms with van der Waals surface area (Å²) in [6.45, 7) is 9.65. The first-order valence-corrected chi connectivity index (χ1v) is 13.6. The second-order valence-electron chi connectivity index (χ2n) is 11.1. The van der Waals surface area contributed by atoms with Crippen molar-refractivity contribution in [3.05, 3.63) is 83.1 Å². The first kappa shape index (κ1) is 26.0. The standard InChI is InChI=1S/C30H34N8O2/c1-5-13-37-28(39)23-18-32-29(35-27(23)38(37)26-8-6-7-25(34-26)30(2,3)40)33-20-9-10-21-22(17-31-24(21)16-20)19-11-14-36(4)15-12-19/h5-10,16-19,31,40H,1,11-15H2,2-4H3,(H,32,33,35). The number of anilines is 2. The zero-order valence-corrected chi connectivity index (χ0v) is 23.1. The quantitative estimate of drug-likeness (QED) is 0.263. The van der Waals surface area contributed by atoms with Gasteiger partial charge in [0, 0.05) is 29.0 Å². The lowest BCUT2D eigenvalue weighted by Crippen LogP contribution is -2.29. The molecular weight excluding hydrogens is 504 g/mol. The summed E-state index contributed by atoms with van der Waals surface area (Å²) >= 11 is 0. The average molecular weight is 539 g/mol. The minimum absolute atomic E-state index is 0.244. The number of pyridine rings is 1. The molecule has 0 amide bonds. The van der Waals surface area contributed by atoms with Crippen molar-refractivity contribution in [1.82, 2.24) is 34.2 Å². The molecule has 0 unspecified atom stereocenters. The zero-order chi connectivity index (χ0) is 28.0. The second-order valence-corrected chi connectivity index (χ2v) is 11.1. The van der Waals surface area contributed by atoms with Crippen LogP contribution in [0.3, 0.4) is 0 Å². The van der Waals surface area contributed by atoms with E-state index in [1.165, 1.54) is 21.8 Å². The summed E-state index contributed by atoms with van der Waals surface area (Å²) in [7, 11) is 2.18. The highest BCUT2D eigenvalue weighted by Gasteiger charge is 2.23. The van der Waals surface area contributed by atoms with Crippen molar-refractivity contribution in [2.24, 2.45) is 0 Å². The van der Waals surface area contributed by atoms with Gasteiger partial charge in [0.15, 0.2) is 11.5 Å². The van der Waals surface area contributed by atoms with Crippen LogP contribution in [0.5, 0.6) is 0 Å². The molecule has 0 aliphatic carbocycles. The molecule has 1 fully saturated rings. The number of likely N-dealkylation sites (tertiary alicyclic amines) is 1. The molecule has 1 aliphatic heterocycles. The Morgan fingerprint density at radius 3 is 2.73 bits per heavy atom. The number of hydrogen-bond acceptors (Lipinski definition) is 7. The molecule has 1 aliphatic rings. The van der Waals surface area contributed by atoms with Gasteiger partial charge in [-0.3, -0.25) is 4.79 Å². The maximum absolute atomic E-state index is 13.3. The van der Waals surface area contributed by atoms with E-state index in [1.807, 2.05) is 6.07 Å². The van der Waals surface area contributed by atoms with E-state index in [-0.39, 0.29) is 12.1 Å². The van der Waals surface area contributed by atoms with Crippen molar-refractivity contribution in [2.45, 2.75) is 44.8 Å². The highest BCUT2D eigenvalue weighted by Crippen LogP contribution is 2.34. The lowest BCUT2D eigenvalue weighted by molar-refractivity contribution is 0.0738.